The Morgan fingerprint density at radius 2 is 1.90 bits per heavy atom. The maximum absolute atomic E-state index is 14.1. The van der Waals surface area contributed by atoms with E-state index in [2.05, 4.69) is 31.2 Å². The number of benzene rings is 1. The van der Waals surface area contributed by atoms with Gasteiger partial charge in [0.15, 0.2) is 0 Å². The van der Waals surface area contributed by atoms with Crippen LogP contribution in [0.2, 0.25) is 0 Å². The van der Waals surface area contributed by atoms with Crippen molar-refractivity contribution in [2.24, 2.45) is 0 Å². The highest BCUT2D eigenvalue weighted by atomic mass is 19.1. The smallest absolute Gasteiger partial charge is 0.131 e. The van der Waals surface area contributed by atoms with Gasteiger partial charge in [0.2, 0.25) is 0 Å². The number of rotatable bonds is 1. The molecule has 0 amide bonds. The summed E-state index contributed by atoms with van der Waals surface area (Å²) in [6.07, 6.45) is 0.607. The number of aromatic nitrogens is 2. The van der Waals surface area contributed by atoms with E-state index in [1.54, 1.807) is 4.68 Å². The summed E-state index contributed by atoms with van der Waals surface area (Å²) in [5.74, 6) is -0.208. The first kappa shape index (κ1) is 14.0. The van der Waals surface area contributed by atoms with Crippen LogP contribution in [-0.4, -0.2) is 16.3 Å². The molecule has 1 N–H and O–H groups in total. The molecular weight excluding hydrogens is 272 g/mol. The summed E-state index contributed by atoms with van der Waals surface area (Å²) < 4.78 is 29.9. The number of hydrogen-bond donors (Lipinski definition) is 1. The van der Waals surface area contributed by atoms with Gasteiger partial charge in [0, 0.05) is 23.6 Å². The largest absolute Gasteiger partial charge is 0.370 e. The summed E-state index contributed by atoms with van der Waals surface area (Å²) >= 11 is 0. The van der Waals surface area contributed by atoms with Gasteiger partial charge in [-0.25, -0.2) is 13.5 Å². The lowest BCUT2D eigenvalue weighted by molar-refractivity contribution is 0.424. The highest BCUT2D eigenvalue weighted by molar-refractivity contribution is 5.43. The number of halogens is 2. The Morgan fingerprint density at radius 1 is 1.24 bits per heavy atom. The monoisotopic (exact) mass is 291 g/mol. The molecule has 0 saturated carbocycles. The van der Waals surface area contributed by atoms with Crippen molar-refractivity contribution < 1.29 is 8.78 Å². The first-order chi connectivity index (χ1) is 9.88. The molecule has 21 heavy (non-hydrogen) atoms. The van der Waals surface area contributed by atoms with Crippen molar-refractivity contribution in [2.45, 2.75) is 38.6 Å². The molecule has 3 rings (SSSR count). The van der Waals surface area contributed by atoms with E-state index in [-0.39, 0.29) is 11.0 Å². The zero-order valence-corrected chi connectivity index (χ0v) is 12.5. The van der Waals surface area contributed by atoms with E-state index in [9.17, 15) is 8.78 Å². The molecule has 1 unspecified atom stereocenters. The molecule has 0 saturated heterocycles. The van der Waals surface area contributed by atoms with Gasteiger partial charge in [-0.2, -0.15) is 5.10 Å². The summed E-state index contributed by atoms with van der Waals surface area (Å²) in [7, 11) is 0. The van der Waals surface area contributed by atoms with Crippen LogP contribution in [0.5, 0.6) is 0 Å². The lowest BCUT2D eigenvalue weighted by Crippen LogP contribution is -2.26. The van der Waals surface area contributed by atoms with Gasteiger partial charge in [-0.05, 0) is 18.6 Å². The summed E-state index contributed by atoms with van der Waals surface area (Å²) in [6, 6.07) is 5.55. The molecule has 0 radical (unpaired) electrons. The van der Waals surface area contributed by atoms with Gasteiger partial charge in [0.1, 0.15) is 17.5 Å². The minimum Gasteiger partial charge on any atom is -0.370 e. The van der Waals surface area contributed by atoms with Crippen molar-refractivity contribution in [3.63, 3.8) is 0 Å². The van der Waals surface area contributed by atoms with E-state index in [1.807, 2.05) is 6.07 Å². The number of fused-ring (bicyclic) bond motifs is 1. The maximum atomic E-state index is 14.1. The molecule has 0 bridgehead atoms. The molecule has 0 fully saturated rings. The fourth-order valence-electron chi connectivity index (χ4n) is 2.69. The van der Waals surface area contributed by atoms with Crippen molar-refractivity contribution in [2.75, 3.05) is 11.9 Å². The summed E-state index contributed by atoms with van der Waals surface area (Å²) in [5, 5.41) is 7.83. The van der Waals surface area contributed by atoms with E-state index in [4.69, 9.17) is 0 Å². The predicted octanol–water partition coefficient (Wildman–Crippen LogP) is 3.86. The second kappa shape index (κ2) is 4.83. The van der Waals surface area contributed by atoms with E-state index in [0.717, 1.165) is 11.5 Å². The fraction of sp³-hybridized carbons (Fsp3) is 0.438. The fourth-order valence-corrected chi connectivity index (χ4v) is 2.69. The average Bonchev–Trinajstić information content (AvgIpc) is 2.83. The van der Waals surface area contributed by atoms with Crippen molar-refractivity contribution in [3.8, 4) is 0 Å². The Bertz CT molecular complexity index is 650. The Labute approximate surface area is 123 Å². The number of hydrogen-bond acceptors (Lipinski definition) is 2. The molecular formula is C16H19F2N3. The number of anilines is 1. The first-order valence-corrected chi connectivity index (χ1v) is 7.16. The van der Waals surface area contributed by atoms with Crippen LogP contribution in [0, 0.1) is 11.6 Å². The third kappa shape index (κ3) is 2.41. The highest BCUT2D eigenvalue weighted by Gasteiger charge is 2.30. The number of nitrogens with one attached hydrogen (secondary N) is 1. The van der Waals surface area contributed by atoms with Crippen molar-refractivity contribution in [1.29, 1.82) is 0 Å². The van der Waals surface area contributed by atoms with E-state index < -0.39 is 17.7 Å². The van der Waals surface area contributed by atoms with Gasteiger partial charge < -0.3 is 5.32 Å². The van der Waals surface area contributed by atoms with Crippen LogP contribution in [0.25, 0.3) is 0 Å². The van der Waals surface area contributed by atoms with Gasteiger partial charge in [0.05, 0.1) is 11.7 Å². The normalized spacial score (nSPS) is 18.2. The predicted molar refractivity (Wildman–Crippen MR) is 78.5 cm³/mol. The zero-order valence-electron chi connectivity index (χ0n) is 12.5. The molecule has 2 aromatic rings. The molecule has 3 nitrogen and oxygen atoms in total. The van der Waals surface area contributed by atoms with Crippen LogP contribution in [-0.2, 0) is 5.41 Å². The molecule has 112 valence electrons. The molecule has 0 spiro atoms. The summed E-state index contributed by atoms with van der Waals surface area (Å²) in [6.45, 7) is 6.88. The van der Waals surface area contributed by atoms with Crippen LogP contribution in [0.1, 0.15) is 44.5 Å². The van der Waals surface area contributed by atoms with Crippen LogP contribution in [0.3, 0.4) is 0 Å². The van der Waals surface area contributed by atoms with Gasteiger partial charge in [-0.3, -0.25) is 0 Å². The van der Waals surface area contributed by atoms with Crippen LogP contribution in [0.15, 0.2) is 24.3 Å². The molecule has 0 aliphatic carbocycles. The second-order valence-corrected chi connectivity index (χ2v) is 6.48. The van der Waals surface area contributed by atoms with Gasteiger partial charge in [-0.15, -0.1) is 0 Å². The standard InChI is InChI=1S/C16H19F2N3/c1-16(2,3)13-9-14-19-8-7-12(21(14)20-13)15-10(17)5-4-6-11(15)18/h4-6,9,12,19H,7-8H2,1-3H3. The molecule has 1 aliphatic heterocycles. The summed E-state index contributed by atoms with van der Waals surface area (Å²) in [5.41, 5.74) is 0.905. The average molecular weight is 291 g/mol. The maximum Gasteiger partial charge on any atom is 0.131 e. The van der Waals surface area contributed by atoms with E-state index >= 15 is 0 Å². The SMILES string of the molecule is CC(C)(C)c1cc2n(n1)C(c1c(F)cccc1F)CCN2. The Hall–Kier alpha value is -1.91. The van der Waals surface area contributed by atoms with E-state index in [0.29, 0.717) is 13.0 Å². The Balaban J connectivity index is 2.11. The highest BCUT2D eigenvalue weighted by Crippen LogP contribution is 2.34. The Morgan fingerprint density at radius 3 is 2.52 bits per heavy atom. The van der Waals surface area contributed by atoms with Crippen LogP contribution >= 0.6 is 0 Å². The minimum atomic E-state index is -0.513. The topological polar surface area (TPSA) is 29.9 Å². The minimum absolute atomic E-state index is 0.101. The molecule has 2 heterocycles. The molecule has 1 aromatic carbocycles. The quantitative estimate of drug-likeness (QED) is 0.864. The summed E-state index contributed by atoms with van der Waals surface area (Å²) in [4.78, 5) is 0. The van der Waals surface area contributed by atoms with Gasteiger partial charge in [0.25, 0.3) is 0 Å². The third-order valence-corrected chi connectivity index (χ3v) is 3.86. The van der Waals surface area contributed by atoms with Crippen molar-refractivity contribution >= 4 is 5.82 Å². The van der Waals surface area contributed by atoms with Crippen molar-refractivity contribution in [3.05, 3.63) is 47.2 Å². The van der Waals surface area contributed by atoms with Gasteiger partial charge >= 0.3 is 0 Å². The van der Waals surface area contributed by atoms with E-state index in [1.165, 1.54) is 18.2 Å². The third-order valence-electron chi connectivity index (χ3n) is 3.86. The molecule has 1 aromatic heterocycles. The molecule has 1 atom stereocenters. The Kier molecular flexibility index (Phi) is 3.23. The first-order valence-electron chi connectivity index (χ1n) is 7.16. The lowest BCUT2D eigenvalue weighted by Gasteiger charge is -2.26. The number of nitrogens with zero attached hydrogens (tertiary/aromatic N) is 2. The van der Waals surface area contributed by atoms with Crippen LogP contribution in [0.4, 0.5) is 14.6 Å². The lowest BCUT2D eigenvalue weighted by atomic mass is 9.92. The van der Waals surface area contributed by atoms with Crippen molar-refractivity contribution in [1.82, 2.24) is 9.78 Å². The second-order valence-electron chi connectivity index (χ2n) is 6.48. The van der Waals surface area contributed by atoms with Gasteiger partial charge in [-0.1, -0.05) is 26.8 Å². The molecule has 1 aliphatic rings. The molecule has 5 heteroatoms. The van der Waals surface area contributed by atoms with Crippen LogP contribution < -0.4 is 5.32 Å². The zero-order chi connectivity index (χ0) is 15.2.